The molecule has 1 heterocycles. The number of likely N-dealkylation sites (tertiary alicyclic amines) is 1. The number of ether oxygens (including phenoxy) is 1. The molecule has 1 aliphatic rings. The zero-order valence-corrected chi connectivity index (χ0v) is 10.9. The number of nitrogens with zero attached hydrogens (tertiary/aromatic N) is 2. The van der Waals surface area contributed by atoms with Gasteiger partial charge in [-0.3, -0.25) is 0 Å². The minimum atomic E-state index is 0.613. The molecule has 96 valence electrons. The number of rotatable bonds is 5. The second-order valence-electron chi connectivity index (χ2n) is 4.82. The Hall–Kier alpha value is -1.53. The Kier molecular flexibility index (Phi) is 4.60. The van der Waals surface area contributed by atoms with Crippen LogP contribution in [0.15, 0.2) is 24.3 Å². The number of unbranched alkanes of at least 4 members (excludes halogenated alkanes) is 1. The molecule has 1 aromatic carbocycles. The molecule has 0 amide bonds. The Bertz CT molecular complexity index is 425. The lowest BCUT2D eigenvalue weighted by molar-refractivity contribution is 0.331. The van der Waals surface area contributed by atoms with Crippen molar-refractivity contribution in [2.75, 3.05) is 26.7 Å². The lowest BCUT2D eigenvalue weighted by atomic mass is 9.98. The fraction of sp³-hybridized carbons (Fsp3) is 0.533. The number of benzene rings is 1. The number of methoxy groups -OCH3 is 1. The van der Waals surface area contributed by atoms with Crippen LogP contribution in [0.1, 0.15) is 30.7 Å². The molecule has 0 N–H and O–H groups in total. The van der Waals surface area contributed by atoms with Crippen molar-refractivity contribution in [3.63, 3.8) is 0 Å². The molecular weight excluding hydrogens is 224 g/mol. The molecule has 1 unspecified atom stereocenters. The monoisotopic (exact) mass is 244 g/mol. The smallest absolute Gasteiger partial charge is 0.119 e. The standard InChI is InChI=1S/C15H20N2O/c1-18-15-6-4-5-13(11-15)14-7-10-17(12-14)9-3-2-8-16/h4-6,11,14H,2-3,7,9-10,12H2,1H3. The Morgan fingerprint density at radius 2 is 2.39 bits per heavy atom. The van der Waals surface area contributed by atoms with Gasteiger partial charge in [0.2, 0.25) is 0 Å². The lowest BCUT2D eigenvalue weighted by Crippen LogP contribution is -2.21. The van der Waals surface area contributed by atoms with Gasteiger partial charge in [0, 0.05) is 13.0 Å². The van der Waals surface area contributed by atoms with Crippen LogP contribution in [0.3, 0.4) is 0 Å². The zero-order valence-electron chi connectivity index (χ0n) is 10.9. The Morgan fingerprint density at radius 1 is 1.50 bits per heavy atom. The van der Waals surface area contributed by atoms with Crippen molar-refractivity contribution in [1.82, 2.24) is 4.90 Å². The van der Waals surface area contributed by atoms with Gasteiger partial charge in [0.15, 0.2) is 0 Å². The van der Waals surface area contributed by atoms with E-state index in [4.69, 9.17) is 10.00 Å². The number of nitriles is 1. The first kappa shape index (κ1) is 12.9. The van der Waals surface area contributed by atoms with Crippen molar-refractivity contribution in [3.05, 3.63) is 29.8 Å². The average Bonchev–Trinajstić information content (AvgIpc) is 2.88. The molecule has 3 nitrogen and oxygen atoms in total. The highest BCUT2D eigenvalue weighted by Gasteiger charge is 2.23. The molecule has 1 aromatic rings. The van der Waals surface area contributed by atoms with Gasteiger partial charge in [-0.2, -0.15) is 5.26 Å². The van der Waals surface area contributed by atoms with E-state index in [0.29, 0.717) is 12.3 Å². The molecule has 1 saturated heterocycles. The maximum Gasteiger partial charge on any atom is 0.119 e. The van der Waals surface area contributed by atoms with E-state index in [1.54, 1.807) is 7.11 Å². The summed E-state index contributed by atoms with van der Waals surface area (Å²) in [6, 6.07) is 10.6. The molecule has 0 spiro atoms. The summed E-state index contributed by atoms with van der Waals surface area (Å²) in [4.78, 5) is 2.46. The highest BCUT2D eigenvalue weighted by atomic mass is 16.5. The average molecular weight is 244 g/mol. The molecule has 1 aliphatic heterocycles. The maximum atomic E-state index is 8.55. The second-order valence-corrected chi connectivity index (χ2v) is 4.82. The maximum absolute atomic E-state index is 8.55. The van der Waals surface area contributed by atoms with Crippen LogP contribution < -0.4 is 4.74 Å². The molecule has 18 heavy (non-hydrogen) atoms. The van der Waals surface area contributed by atoms with E-state index in [1.165, 1.54) is 12.0 Å². The molecule has 1 fully saturated rings. The van der Waals surface area contributed by atoms with Crippen LogP contribution in [0.4, 0.5) is 0 Å². The minimum absolute atomic E-state index is 0.613. The Balaban J connectivity index is 1.89. The van der Waals surface area contributed by atoms with Gasteiger partial charge in [0.1, 0.15) is 5.75 Å². The van der Waals surface area contributed by atoms with Crippen LogP contribution in [-0.2, 0) is 0 Å². The third-order valence-electron chi connectivity index (χ3n) is 3.60. The van der Waals surface area contributed by atoms with Crippen molar-refractivity contribution in [3.8, 4) is 11.8 Å². The van der Waals surface area contributed by atoms with E-state index in [1.807, 2.05) is 6.07 Å². The van der Waals surface area contributed by atoms with Crippen molar-refractivity contribution >= 4 is 0 Å². The van der Waals surface area contributed by atoms with E-state index in [9.17, 15) is 0 Å². The summed E-state index contributed by atoms with van der Waals surface area (Å²) in [5.74, 6) is 1.55. The summed E-state index contributed by atoms with van der Waals surface area (Å²) < 4.78 is 5.27. The lowest BCUT2D eigenvalue weighted by Gasteiger charge is -2.15. The summed E-state index contributed by atoms with van der Waals surface area (Å²) in [6.07, 6.45) is 2.86. The molecule has 0 radical (unpaired) electrons. The molecule has 2 rings (SSSR count). The van der Waals surface area contributed by atoms with Crippen LogP contribution in [0, 0.1) is 11.3 Å². The van der Waals surface area contributed by atoms with Crippen LogP contribution in [0.25, 0.3) is 0 Å². The predicted molar refractivity (Wildman–Crippen MR) is 71.6 cm³/mol. The fourth-order valence-electron chi connectivity index (χ4n) is 2.59. The molecule has 0 aliphatic carbocycles. The number of hydrogen-bond acceptors (Lipinski definition) is 3. The van der Waals surface area contributed by atoms with Gasteiger partial charge in [-0.25, -0.2) is 0 Å². The van der Waals surface area contributed by atoms with Gasteiger partial charge in [0.05, 0.1) is 13.2 Å². The molecular formula is C15H20N2O. The third-order valence-corrected chi connectivity index (χ3v) is 3.60. The molecule has 1 atom stereocenters. The van der Waals surface area contributed by atoms with E-state index in [0.717, 1.165) is 31.8 Å². The van der Waals surface area contributed by atoms with E-state index in [2.05, 4.69) is 29.2 Å². The van der Waals surface area contributed by atoms with Gasteiger partial charge >= 0.3 is 0 Å². The third kappa shape index (κ3) is 3.24. The van der Waals surface area contributed by atoms with Crippen molar-refractivity contribution in [2.24, 2.45) is 0 Å². The van der Waals surface area contributed by atoms with E-state index < -0.39 is 0 Å². The summed E-state index contributed by atoms with van der Waals surface area (Å²) >= 11 is 0. The fourth-order valence-corrected chi connectivity index (χ4v) is 2.59. The van der Waals surface area contributed by atoms with Gasteiger partial charge < -0.3 is 9.64 Å². The first-order chi connectivity index (χ1) is 8.83. The molecule has 0 aromatic heterocycles. The van der Waals surface area contributed by atoms with Gasteiger partial charge in [-0.05, 0) is 49.5 Å². The molecule has 0 bridgehead atoms. The zero-order chi connectivity index (χ0) is 12.8. The van der Waals surface area contributed by atoms with E-state index >= 15 is 0 Å². The van der Waals surface area contributed by atoms with Gasteiger partial charge in [-0.15, -0.1) is 0 Å². The van der Waals surface area contributed by atoms with Crippen LogP contribution in [0.5, 0.6) is 5.75 Å². The van der Waals surface area contributed by atoms with Crippen molar-refractivity contribution in [2.45, 2.75) is 25.2 Å². The van der Waals surface area contributed by atoms with Crippen molar-refractivity contribution < 1.29 is 4.74 Å². The van der Waals surface area contributed by atoms with Crippen LogP contribution in [0.2, 0.25) is 0 Å². The largest absolute Gasteiger partial charge is 0.497 e. The normalized spacial score (nSPS) is 19.7. The van der Waals surface area contributed by atoms with Gasteiger partial charge in [0.25, 0.3) is 0 Å². The van der Waals surface area contributed by atoms with Crippen LogP contribution >= 0.6 is 0 Å². The summed E-state index contributed by atoms with van der Waals surface area (Å²) in [7, 11) is 1.71. The predicted octanol–water partition coefficient (Wildman–Crippen LogP) is 2.79. The Morgan fingerprint density at radius 3 is 3.17 bits per heavy atom. The highest BCUT2D eigenvalue weighted by Crippen LogP contribution is 2.29. The first-order valence-electron chi connectivity index (χ1n) is 6.56. The SMILES string of the molecule is COc1cccc(C2CCN(CCCC#N)C2)c1. The van der Waals surface area contributed by atoms with E-state index in [-0.39, 0.29) is 0 Å². The highest BCUT2D eigenvalue weighted by molar-refractivity contribution is 5.31. The molecule has 3 heteroatoms. The van der Waals surface area contributed by atoms with Crippen molar-refractivity contribution in [1.29, 1.82) is 5.26 Å². The first-order valence-corrected chi connectivity index (χ1v) is 6.56. The van der Waals surface area contributed by atoms with Crippen LogP contribution in [-0.4, -0.2) is 31.6 Å². The minimum Gasteiger partial charge on any atom is -0.497 e. The van der Waals surface area contributed by atoms with Gasteiger partial charge in [-0.1, -0.05) is 12.1 Å². The Labute approximate surface area is 109 Å². The summed E-state index contributed by atoms with van der Waals surface area (Å²) in [5, 5.41) is 8.55. The quantitative estimate of drug-likeness (QED) is 0.747. The summed E-state index contributed by atoms with van der Waals surface area (Å²) in [6.45, 7) is 3.31. The number of hydrogen-bond donors (Lipinski definition) is 0. The second kappa shape index (κ2) is 6.42. The topological polar surface area (TPSA) is 36.3 Å². The summed E-state index contributed by atoms with van der Waals surface area (Å²) in [5.41, 5.74) is 1.37. The molecule has 0 saturated carbocycles.